The van der Waals surface area contributed by atoms with Gasteiger partial charge in [0.25, 0.3) is 0 Å². The van der Waals surface area contributed by atoms with E-state index in [2.05, 4.69) is 261 Å². The second-order valence-corrected chi connectivity index (χ2v) is 18.8. The van der Waals surface area contributed by atoms with Gasteiger partial charge in [-0.25, -0.2) is 0 Å². The summed E-state index contributed by atoms with van der Waals surface area (Å²) in [5.41, 5.74) is 16.9. The molecule has 0 amide bonds. The van der Waals surface area contributed by atoms with Crippen LogP contribution >= 0.6 is 0 Å². The zero-order valence-corrected chi connectivity index (χ0v) is 38.0. The SMILES string of the molecule is CC12C=CC=CC1C(C1=CC=CCC1)(c1ccccc1)c1cc(N(c3ccccc3-c3cccc4c3oc3ccccc34)c3ccccc3-c3cccc4cccc(-c5ccccc5)c34)ccc12. The molecule has 3 unspecified atom stereocenters. The minimum absolute atomic E-state index is 0.177. The third kappa shape index (κ3) is 6.03. The molecular weight excluding hydrogens is 823 g/mol. The van der Waals surface area contributed by atoms with Crippen LogP contribution in [-0.4, -0.2) is 0 Å². The average molecular weight is 872 g/mol. The molecule has 0 saturated carbocycles. The molecule has 10 aromatic rings. The molecule has 0 aliphatic heterocycles. The first-order chi connectivity index (χ1) is 33.6. The van der Waals surface area contributed by atoms with E-state index in [1.165, 1.54) is 49.7 Å². The Bertz CT molecular complexity index is 3710. The minimum Gasteiger partial charge on any atom is -0.455 e. The molecule has 0 saturated heterocycles. The predicted molar refractivity (Wildman–Crippen MR) is 285 cm³/mol. The van der Waals surface area contributed by atoms with Crippen LogP contribution in [0, 0.1) is 5.92 Å². The largest absolute Gasteiger partial charge is 0.455 e. The molecule has 0 radical (unpaired) electrons. The van der Waals surface area contributed by atoms with E-state index in [0.29, 0.717) is 0 Å². The van der Waals surface area contributed by atoms with E-state index < -0.39 is 5.41 Å². The van der Waals surface area contributed by atoms with Crippen LogP contribution in [0.15, 0.2) is 259 Å². The molecule has 1 heterocycles. The van der Waals surface area contributed by atoms with E-state index in [-0.39, 0.29) is 11.3 Å². The maximum absolute atomic E-state index is 6.81. The number of hydrogen-bond acceptors (Lipinski definition) is 2. The number of para-hydroxylation sites is 4. The molecule has 3 aliphatic carbocycles. The first kappa shape index (κ1) is 40.1. The molecule has 2 heteroatoms. The summed E-state index contributed by atoms with van der Waals surface area (Å²) in [6, 6.07) is 75.9. The van der Waals surface area contributed by atoms with Crippen molar-refractivity contribution >= 4 is 49.8 Å². The number of fused-ring (bicyclic) bond motifs is 7. The molecular formula is C66H49NO. The standard InChI is InChI=1S/C66H49NO/c1-65-43-18-17-40-62(65)66(47-26-7-3-8-27-47,48-28-9-4-10-29-48)58-44-49(41-42-57(58)65)67(60-38-15-12-31-52(60)55-35-21-36-56-53-32-13-16-39-61(53)68-64(55)56)59-37-14-11-30-51(59)54-34-20-25-46-24-19-33-50(63(46)54)45-22-5-2-6-23-45/h2-9,11-28,30-44,62H,10,29H2,1H3. The van der Waals surface area contributed by atoms with Gasteiger partial charge < -0.3 is 9.32 Å². The lowest BCUT2D eigenvalue weighted by Gasteiger charge is -2.44. The summed E-state index contributed by atoms with van der Waals surface area (Å²) in [6.07, 6.45) is 18.5. The summed E-state index contributed by atoms with van der Waals surface area (Å²) in [5.74, 6) is 0.177. The van der Waals surface area contributed by atoms with Gasteiger partial charge in [-0.3, -0.25) is 0 Å². The molecule has 324 valence electrons. The molecule has 3 atom stereocenters. The van der Waals surface area contributed by atoms with Gasteiger partial charge >= 0.3 is 0 Å². The van der Waals surface area contributed by atoms with E-state index in [9.17, 15) is 0 Å². The summed E-state index contributed by atoms with van der Waals surface area (Å²) in [7, 11) is 0. The van der Waals surface area contributed by atoms with Crippen molar-refractivity contribution in [2.45, 2.75) is 30.6 Å². The van der Waals surface area contributed by atoms with Crippen molar-refractivity contribution in [1.82, 2.24) is 0 Å². The third-order valence-electron chi connectivity index (χ3n) is 15.2. The van der Waals surface area contributed by atoms with E-state index in [1.807, 2.05) is 0 Å². The normalized spacial score (nSPS) is 19.3. The quantitative estimate of drug-likeness (QED) is 0.151. The predicted octanol–water partition coefficient (Wildman–Crippen LogP) is 17.8. The van der Waals surface area contributed by atoms with Gasteiger partial charge in [-0.05, 0) is 87.3 Å². The summed E-state index contributed by atoms with van der Waals surface area (Å²) in [4.78, 5) is 2.54. The highest BCUT2D eigenvalue weighted by Crippen LogP contribution is 2.64. The molecule has 0 spiro atoms. The molecule has 68 heavy (non-hydrogen) atoms. The lowest BCUT2D eigenvalue weighted by atomic mass is 9.58. The fourth-order valence-electron chi connectivity index (χ4n) is 12.3. The maximum atomic E-state index is 6.81. The van der Waals surface area contributed by atoms with Crippen molar-refractivity contribution in [2.24, 2.45) is 5.92 Å². The summed E-state index contributed by atoms with van der Waals surface area (Å²) in [5, 5.41) is 4.67. The smallest absolute Gasteiger partial charge is 0.143 e. The molecule has 1 aromatic heterocycles. The molecule has 13 rings (SSSR count). The molecule has 9 aromatic carbocycles. The molecule has 3 aliphatic rings. The number of rotatable bonds is 8. The van der Waals surface area contributed by atoms with Crippen LogP contribution in [0.1, 0.15) is 36.5 Å². The van der Waals surface area contributed by atoms with Gasteiger partial charge in [0.05, 0.1) is 11.4 Å². The number of furan rings is 1. The monoisotopic (exact) mass is 871 g/mol. The summed E-state index contributed by atoms with van der Waals surface area (Å²) >= 11 is 0. The second kappa shape index (κ2) is 16.0. The zero-order valence-electron chi connectivity index (χ0n) is 38.0. The highest BCUT2D eigenvalue weighted by molar-refractivity contribution is 6.12. The Morgan fingerprint density at radius 3 is 1.96 bits per heavy atom. The first-order valence-corrected chi connectivity index (χ1v) is 24.0. The first-order valence-electron chi connectivity index (χ1n) is 24.0. The molecule has 0 bridgehead atoms. The fraction of sp³-hybridized carbons (Fsp3) is 0.0909. The van der Waals surface area contributed by atoms with Crippen molar-refractivity contribution in [1.29, 1.82) is 0 Å². The third-order valence-corrected chi connectivity index (χ3v) is 15.2. The van der Waals surface area contributed by atoms with Gasteiger partial charge in [0.2, 0.25) is 0 Å². The summed E-state index contributed by atoms with van der Waals surface area (Å²) in [6.45, 7) is 2.46. The van der Waals surface area contributed by atoms with Gasteiger partial charge in [0.15, 0.2) is 0 Å². The Morgan fingerprint density at radius 2 is 1.18 bits per heavy atom. The topological polar surface area (TPSA) is 16.4 Å². The van der Waals surface area contributed by atoms with Crippen molar-refractivity contribution < 1.29 is 4.42 Å². The van der Waals surface area contributed by atoms with Gasteiger partial charge in [-0.2, -0.15) is 0 Å². The zero-order chi connectivity index (χ0) is 45.2. The van der Waals surface area contributed by atoms with Crippen LogP contribution in [0.25, 0.3) is 66.1 Å². The Labute approximate surface area is 398 Å². The Kier molecular flexibility index (Phi) is 9.44. The van der Waals surface area contributed by atoms with Crippen LogP contribution in [0.2, 0.25) is 0 Å². The van der Waals surface area contributed by atoms with Crippen molar-refractivity contribution in [3.63, 3.8) is 0 Å². The Morgan fingerprint density at radius 1 is 0.529 bits per heavy atom. The Hall–Kier alpha value is -8.20. The van der Waals surface area contributed by atoms with Crippen molar-refractivity contribution in [3.05, 3.63) is 271 Å². The van der Waals surface area contributed by atoms with E-state index >= 15 is 0 Å². The molecule has 2 nitrogen and oxygen atoms in total. The van der Waals surface area contributed by atoms with Crippen LogP contribution in [0.5, 0.6) is 0 Å². The lowest BCUT2D eigenvalue weighted by Crippen LogP contribution is -2.41. The number of hydrogen-bond donors (Lipinski definition) is 0. The van der Waals surface area contributed by atoms with E-state index in [1.54, 1.807) is 0 Å². The van der Waals surface area contributed by atoms with Gasteiger partial charge in [0.1, 0.15) is 11.2 Å². The average Bonchev–Trinajstić information content (AvgIpc) is 3.90. The molecule has 0 N–H and O–H groups in total. The van der Waals surface area contributed by atoms with Crippen LogP contribution in [0.3, 0.4) is 0 Å². The number of nitrogens with zero attached hydrogens (tertiary/aromatic N) is 1. The number of anilines is 3. The number of allylic oxidation sites excluding steroid dienone is 8. The van der Waals surface area contributed by atoms with Crippen LogP contribution in [0.4, 0.5) is 17.1 Å². The van der Waals surface area contributed by atoms with Crippen molar-refractivity contribution in [2.75, 3.05) is 4.90 Å². The van der Waals surface area contributed by atoms with Gasteiger partial charge in [0, 0.05) is 49.9 Å². The molecule has 0 fully saturated rings. The highest BCUT2D eigenvalue weighted by atomic mass is 16.3. The number of benzene rings is 9. The van der Waals surface area contributed by atoms with Crippen LogP contribution < -0.4 is 4.90 Å². The van der Waals surface area contributed by atoms with Crippen LogP contribution in [-0.2, 0) is 10.8 Å². The summed E-state index contributed by atoms with van der Waals surface area (Å²) < 4.78 is 6.81. The second-order valence-electron chi connectivity index (χ2n) is 18.8. The Balaban J connectivity index is 1.12. The lowest BCUT2D eigenvalue weighted by molar-refractivity contribution is 0.355. The van der Waals surface area contributed by atoms with E-state index in [0.717, 1.165) is 68.5 Å². The van der Waals surface area contributed by atoms with Gasteiger partial charge in [-0.15, -0.1) is 0 Å². The fourth-order valence-corrected chi connectivity index (χ4v) is 12.3. The van der Waals surface area contributed by atoms with E-state index in [4.69, 9.17) is 4.42 Å². The highest BCUT2D eigenvalue weighted by Gasteiger charge is 2.59. The van der Waals surface area contributed by atoms with Gasteiger partial charge in [-0.1, -0.05) is 231 Å². The maximum Gasteiger partial charge on any atom is 0.143 e. The minimum atomic E-state index is -0.405. The van der Waals surface area contributed by atoms with Crippen molar-refractivity contribution in [3.8, 4) is 33.4 Å².